The first-order valence-corrected chi connectivity index (χ1v) is 6.92. The molecule has 0 aliphatic heterocycles. The van der Waals surface area contributed by atoms with Crippen LogP contribution < -0.4 is 10.7 Å². The summed E-state index contributed by atoms with van der Waals surface area (Å²) >= 11 is 0. The lowest BCUT2D eigenvalue weighted by molar-refractivity contribution is 1.04. The Kier molecular flexibility index (Phi) is 2.51. The van der Waals surface area contributed by atoms with Gasteiger partial charge in [-0.3, -0.25) is 9.39 Å². The van der Waals surface area contributed by atoms with E-state index in [0.717, 1.165) is 32.9 Å². The van der Waals surface area contributed by atoms with E-state index in [0.29, 0.717) is 0 Å². The molecule has 4 rings (SSSR count). The number of pyridine rings is 2. The second-order valence-electron chi connectivity index (χ2n) is 4.91. The van der Waals surface area contributed by atoms with Gasteiger partial charge in [-0.15, -0.1) is 0 Å². The first-order valence-electron chi connectivity index (χ1n) is 6.92. The Morgan fingerprint density at radius 1 is 1.05 bits per heavy atom. The molecule has 21 heavy (non-hydrogen) atoms. The summed E-state index contributed by atoms with van der Waals surface area (Å²) in [5.74, 6) is 0. The third-order valence-corrected chi connectivity index (χ3v) is 3.83. The molecule has 3 heterocycles. The van der Waals surface area contributed by atoms with Crippen molar-refractivity contribution in [2.75, 3.05) is 7.05 Å². The van der Waals surface area contributed by atoms with E-state index in [2.05, 4.69) is 28.2 Å². The van der Waals surface area contributed by atoms with Crippen molar-refractivity contribution in [1.29, 1.82) is 0 Å². The van der Waals surface area contributed by atoms with Gasteiger partial charge >= 0.3 is 0 Å². The lowest BCUT2D eigenvalue weighted by atomic mass is 10.1. The fourth-order valence-corrected chi connectivity index (χ4v) is 2.95. The van der Waals surface area contributed by atoms with E-state index in [4.69, 9.17) is 4.98 Å². The van der Waals surface area contributed by atoms with Crippen LogP contribution in [0, 0.1) is 0 Å². The Morgan fingerprint density at radius 2 is 1.86 bits per heavy atom. The van der Waals surface area contributed by atoms with Crippen molar-refractivity contribution in [3.63, 3.8) is 0 Å². The van der Waals surface area contributed by atoms with Gasteiger partial charge in [0.1, 0.15) is 16.7 Å². The van der Waals surface area contributed by atoms with Crippen LogP contribution in [0.1, 0.15) is 6.92 Å². The average molecular weight is 274 g/mol. The van der Waals surface area contributed by atoms with Crippen LogP contribution in [0.5, 0.6) is 0 Å². The average Bonchev–Trinajstić information content (AvgIpc) is 2.93. The molecule has 0 saturated carbocycles. The monoisotopic (exact) mass is 274 g/mol. The Bertz CT molecular complexity index is 1110. The van der Waals surface area contributed by atoms with E-state index >= 15 is 0 Å². The maximum atomic E-state index is 4.75. The van der Waals surface area contributed by atoms with Crippen LogP contribution in [-0.4, -0.2) is 21.4 Å². The molecular weight excluding hydrogens is 260 g/mol. The highest BCUT2D eigenvalue weighted by atomic mass is 15.1. The molecule has 4 heteroatoms. The largest absolute Gasteiger partial charge is 0.271 e. The molecule has 4 nitrogen and oxygen atoms in total. The van der Waals surface area contributed by atoms with E-state index in [1.165, 1.54) is 5.39 Å². The van der Waals surface area contributed by atoms with Crippen molar-refractivity contribution < 1.29 is 0 Å². The summed E-state index contributed by atoms with van der Waals surface area (Å²) < 4.78 is 2.05. The van der Waals surface area contributed by atoms with Gasteiger partial charge in [0.2, 0.25) is 0 Å². The SMILES string of the molecule is C/C=c1\c(=N/C)n2c3ncccc3nc2c2ccccc12. The third kappa shape index (κ3) is 1.53. The van der Waals surface area contributed by atoms with Gasteiger partial charge in [0.25, 0.3) is 0 Å². The molecule has 4 aromatic rings. The van der Waals surface area contributed by atoms with Gasteiger partial charge in [-0.05, 0) is 24.4 Å². The zero-order valence-corrected chi connectivity index (χ0v) is 11.9. The van der Waals surface area contributed by atoms with Crippen LogP contribution in [-0.2, 0) is 0 Å². The number of imidazole rings is 1. The summed E-state index contributed by atoms with van der Waals surface area (Å²) in [5, 5.41) is 3.41. The first-order chi connectivity index (χ1) is 10.3. The van der Waals surface area contributed by atoms with Gasteiger partial charge in [0.05, 0.1) is 0 Å². The minimum atomic E-state index is 0.849. The minimum Gasteiger partial charge on any atom is -0.271 e. The molecule has 0 N–H and O–H groups in total. The smallest absolute Gasteiger partial charge is 0.166 e. The number of rotatable bonds is 0. The number of hydrogen-bond acceptors (Lipinski definition) is 3. The van der Waals surface area contributed by atoms with Crippen molar-refractivity contribution in [1.82, 2.24) is 14.4 Å². The highest BCUT2D eigenvalue weighted by Gasteiger charge is 2.11. The van der Waals surface area contributed by atoms with E-state index in [-0.39, 0.29) is 0 Å². The van der Waals surface area contributed by atoms with Gasteiger partial charge in [-0.2, -0.15) is 0 Å². The van der Waals surface area contributed by atoms with Crippen LogP contribution in [0.25, 0.3) is 33.7 Å². The molecule has 0 aliphatic rings. The lowest BCUT2D eigenvalue weighted by Gasteiger charge is -2.04. The van der Waals surface area contributed by atoms with Crippen LogP contribution in [0.15, 0.2) is 47.6 Å². The second kappa shape index (κ2) is 4.38. The zero-order valence-electron chi connectivity index (χ0n) is 11.9. The van der Waals surface area contributed by atoms with Crippen LogP contribution in [0.4, 0.5) is 0 Å². The molecule has 0 saturated heterocycles. The van der Waals surface area contributed by atoms with Gasteiger partial charge in [0.15, 0.2) is 5.65 Å². The van der Waals surface area contributed by atoms with Crippen molar-refractivity contribution in [2.24, 2.45) is 4.99 Å². The maximum Gasteiger partial charge on any atom is 0.166 e. The zero-order chi connectivity index (χ0) is 14.4. The van der Waals surface area contributed by atoms with Gasteiger partial charge in [0, 0.05) is 23.8 Å². The molecule has 0 fully saturated rings. The molecule has 0 spiro atoms. The summed E-state index contributed by atoms with van der Waals surface area (Å²) in [6, 6.07) is 12.2. The molecular formula is C17H14N4. The predicted molar refractivity (Wildman–Crippen MR) is 84.8 cm³/mol. The molecule has 3 aromatic heterocycles. The van der Waals surface area contributed by atoms with Gasteiger partial charge < -0.3 is 0 Å². The van der Waals surface area contributed by atoms with Crippen molar-refractivity contribution >= 4 is 33.7 Å². The van der Waals surface area contributed by atoms with Crippen LogP contribution in [0.2, 0.25) is 0 Å². The van der Waals surface area contributed by atoms with E-state index < -0.39 is 0 Å². The predicted octanol–water partition coefficient (Wildman–Crippen LogP) is 2.09. The Hall–Kier alpha value is -2.75. The van der Waals surface area contributed by atoms with E-state index in [1.807, 2.05) is 42.6 Å². The number of hydrogen-bond donors (Lipinski definition) is 0. The minimum absolute atomic E-state index is 0.849. The second-order valence-corrected chi connectivity index (χ2v) is 4.91. The highest BCUT2D eigenvalue weighted by Crippen LogP contribution is 2.18. The third-order valence-electron chi connectivity index (χ3n) is 3.83. The number of fused-ring (bicyclic) bond motifs is 5. The molecule has 0 atom stereocenters. The maximum absolute atomic E-state index is 4.75. The molecule has 1 aromatic carbocycles. The highest BCUT2D eigenvalue weighted by molar-refractivity contribution is 5.97. The Morgan fingerprint density at radius 3 is 2.62 bits per heavy atom. The topological polar surface area (TPSA) is 42.5 Å². The summed E-state index contributed by atoms with van der Waals surface area (Å²) in [6.45, 7) is 2.04. The normalized spacial score (nSPS) is 13.8. The molecule has 0 radical (unpaired) electrons. The number of aromatic nitrogens is 3. The van der Waals surface area contributed by atoms with E-state index in [9.17, 15) is 0 Å². The van der Waals surface area contributed by atoms with Crippen molar-refractivity contribution in [3.05, 3.63) is 53.3 Å². The van der Waals surface area contributed by atoms with Gasteiger partial charge in [-0.25, -0.2) is 9.97 Å². The molecule has 0 unspecified atom stereocenters. The lowest BCUT2D eigenvalue weighted by Crippen LogP contribution is -2.32. The molecule has 102 valence electrons. The number of nitrogens with zero attached hydrogens (tertiary/aromatic N) is 4. The fourth-order valence-electron chi connectivity index (χ4n) is 2.95. The summed E-state index contributed by atoms with van der Waals surface area (Å²) in [7, 11) is 1.81. The molecule has 0 aliphatic carbocycles. The quantitative estimate of drug-likeness (QED) is 0.493. The summed E-state index contributed by atoms with van der Waals surface area (Å²) in [6.07, 6.45) is 3.89. The van der Waals surface area contributed by atoms with Gasteiger partial charge in [-0.1, -0.05) is 30.3 Å². The Labute approximate surface area is 121 Å². The molecule has 0 amide bonds. The standard InChI is InChI=1S/C17H14N4/c1-3-11-12-7-4-5-8-13(12)16-20-14-9-6-10-19-17(14)21(16)15(11)18-2/h3-10H,1-2H3/b11-3-,18-15+. The fraction of sp³-hybridized carbons (Fsp3) is 0.118. The van der Waals surface area contributed by atoms with Crippen LogP contribution in [0.3, 0.4) is 0 Å². The summed E-state index contributed by atoms with van der Waals surface area (Å²) in [5.41, 5.74) is 3.54. The molecule has 0 bridgehead atoms. The summed E-state index contributed by atoms with van der Waals surface area (Å²) in [4.78, 5) is 13.7. The van der Waals surface area contributed by atoms with Crippen molar-refractivity contribution in [3.8, 4) is 0 Å². The Balaban J connectivity index is 2.51. The van der Waals surface area contributed by atoms with Crippen molar-refractivity contribution in [2.45, 2.75) is 6.92 Å². The van der Waals surface area contributed by atoms with E-state index in [1.54, 1.807) is 6.20 Å². The first kappa shape index (κ1) is 12.0. The van der Waals surface area contributed by atoms with Crippen LogP contribution >= 0.6 is 0 Å². The number of benzene rings is 1.